The van der Waals surface area contributed by atoms with Gasteiger partial charge in [0.1, 0.15) is 0 Å². The highest BCUT2D eigenvalue weighted by Gasteiger charge is 2.05. The number of rotatable bonds is 8. The summed E-state index contributed by atoms with van der Waals surface area (Å²) in [6.07, 6.45) is 0. The number of urea groups is 1. The molecule has 0 aromatic heterocycles. The van der Waals surface area contributed by atoms with Gasteiger partial charge in [-0.1, -0.05) is 26.0 Å². The summed E-state index contributed by atoms with van der Waals surface area (Å²) in [7, 11) is 0. The van der Waals surface area contributed by atoms with Gasteiger partial charge in [-0.3, -0.25) is 0 Å². The minimum absolute atomic E-state index is 0.236. The molecule has 1 aromatic rings. The van der Waals surface area contributed by atoms with Crippen molar-refractivity contribution >= 4 is 11.7 Å². The van der Waals surface area contributed by atoms with Crippen LogP contribution in [0.1, 0.15) is 32.4 Å². The molecule has 1 atom stereocenters. The van der Waals surface area contributed by atoms with Crippen molar-refractivity contribution in [2.75, 3.05) is 25.1 Å². The molecule has 0 saturated heterocycles. The number of nitrogens with two attached hydrogens (primary N) is 1. The number of ether oxygens (including phenoxy) is 1. The monoisotopic (exact) mass is 279 g/mol. The van der Waals surface area contributed by atoms with E-state index in [-0.39, 0.29) is 6.04 Å². The second-order valence-corrected chi connectivity index (χ2v) is 5.26. The van der Waals surface area contributed by atoms with Crippen LogP contribution in [0, 0.1) is 5.92 Å². The van der Waals surface area contributed by atoms with Crippen molar-refractivity contribution in [1.82, 2.24) is 5.32 Å². The number of nitrogens with one attached hydrogen (secondary N) is 2. The highest BCUT2D eigenvalue weighted by molar-refractivity contribution is 5.87. The van der Waals surface area contributed by atoms with E-state index in [9.17, 15) is 4.79 Å². The SMILES string of the molecule is CC(C)COCCNC(C)c1ccc(NC(N)=O)cc1. The smallest absolute Gasteiger partial charge is 0.316 e. The van der Waals surface area contributed by atoms with Crippen LogP contribution in [0.15, 0.2) is 24.3 Å². The zero-order chi connectivity index (χ0) is 15.0. The fourth-order valence-corrected chi connectivity index (χ4v) is 1.78. The summed E-state index contributed by atoms with van der Waals surface area (Å²) < 4.78 is 5.52. The van der Waals surface area contributed by atoms with Crippen molar-refractivity contribution in [1.29, 1.82) is 0 Å². The maximum absolute atomic E-state index is 10.7. The Bertz CT molecular complexity index is 404. The normalized spacial score (nSPS) is 12.4. The zero-order valence-corrected chi connectivity index (χ0v) is 12.5. The Hall–Kier alpha value is -1.59. The summed E-state index contributed by atoms with van der Waals surface area (Å²) in [6, 6.07) is 7.31. The summed E-state index contributed by atoms with van der Waals surface area (Å²) in [5, 5.41) is 5.94. The Morgan fingerprint density at radius 3 is 2.45 bits per heavy atom. The average Bonchev–Trinajstić information content (AvgIpc) is 2.38. The number of hydrogen-bond acceptors (Lipinski definition) is 3. The van der Waals surface area contributed by atoms with E-state index < -0.39 is 6.03 Å². The number of carbonyl (C=O) groups excluding carboxylic acids is 1. The molecule has 5 heteroatoms. The van der Waals surface area contributed by atoms with Gasteiger partial charge in [0.05, 0.1) is 6.61 Å². The molecular weight excluding hydrogens is 254 g/mol. The van der Waals surface area contributed by atoms with Gasteiger partial charge >= 0.3 is 6.03 Å². The molecule has 0 fully saturated rings. The maximum atomic E-state index is 10.7. The van der Waals surface area contributed by atoms with E-state index in [0.29, 0.717) is 18.2 Å². The number of amides is 2. The molecule has 0 radical (unpaired) electrons. The highest BCUT2D eigenvalue weighted by Crippen LogP contribution is 2.15. The lowest BCUT2D eigenvalue weighted by Gasteiger charge is -2.15. The Morgan fingerprint density at radius 1 is 1.25 bits per heavy atom. The summed E-state index contributed by atoms with van der Waals surface area (Å²) >= 11 is 0. The third kappa shape index (κ3) is 6.54. The lowest BCUT2D eigenvalue weighted by molar-refractivity contribution is 0.110. The molecule has 1 rings (SSSR count). The van der Waals surface area contributed by atoms with Crippen LogP contribution in [0.25, 0.3) is 0 Å². The van der Waals surface area contributed by atoms with Gasteiger partial charge in [0, 0.05) is 24.9 Å². The van der Waals surface area contributed by atoms with Crippen LogP contribution in [0.4, 0.5) is 10.5 Å². The van der Waals surface area contributed by atoms with Crippen molar-refractivity contribution in [2.45, 2.75) is 26.8 Å². The number of carbonyl (C=O) groups is 1. The third-order valence-corrected chi connectivity index (χ3v) is 2.83. The van der Waals surface area contributed by atoms with Crippen LogP contribution >= 0.6 is 0 Å². The quantitative estimate of drug-likeness (QED) is 0.640. The Kier molecular flexibility index (Phi) is 7.04. The largest absolute Gasteiger partial charge is 0.380 e. The molecule has 0 heterocycles. The number of primary amides is 1. The van der Waals surface area contributed by atoms with Crippen molar-refractivity contribution in [3.8, 4) is 0 Å². The minimum Gasteiger partial charge on any atom is -0.380 e. The molecule has 1 unspecified atom stereocenters. The van der Waals surface area contributed by atoms with E-state index in [1.165, 1.54) is 0 Å². The summed E-state index contributed by atoms with van der Waals surface area (Å²) in [4.78, 5) is 10.7. The lowest BCUT2D eigenvalue weighted by Crippen LogP contribution is -2.24. The first-order chi connectivity index (χ1) is 9.49. The zero-order valence-electron chi connectivity index (χ0n) is 12.5. The summed E-state index contributed by atoms with van der Waals surface area (Å²) in [6.45, 7) is 8.69. The second kappa shape index (κ2) is 8.55. The van der Waals surface area contributed by atoms with E-state index in [1.807, 2.05) is 24.3 Å². The van der Waals surface area contributed by atoms with E-state index in [4.69, 9.17) is 10.5 Å². The van der Waals surface area contributed by atoms with Gasteiger partial charge in [-0.15, -0.1) is 0 Å². The number of benzene rings is 1. The van der Waals surface area contributed by atoms with Gasteiger partial charge in [-0.25, -0.2) is 4.79 Å². The van der Waals surface area contributed by atoms with Crippen LogP contribution in [0.3, 0.4) is 0 Å². The minimum atomic E-state index is -0.550. The molecule has 2 amide bonds. The summed E-state index contributed by atoms with van der Waals surface area (Å²) in [5.74, 6) is 0.567. The van der Waals surface area contributed by atoms with Crippen molar-refractivity contribution < 1.29 is 9.53 Å². The first-order valence-corrected chi connectivity index (χ1v) is 6.96. The molecule has 20 heavy (non-hydrogen) atoms. The highest BCUT2D eigenvalue weighted by atomic mass is 16.5. The van der Waals surface area contributed by atoms with Gasteiger partial charge in [0.25, 0.3) is 0 Å². The van der Waals surface area contributed by atoms with Crippen LogP contribution in [-0.2, 0) is 4.74 Å². The predicted molar refractivity (Wildman–Crippen MR) is 81.7 cm³/mol. The fourth-order valence-electron chi connectivity index (χ4n) is 1.78. The molecule has 0 aliphatic heterocycles. The molecule has 0 spiro atoms. The van der Waals surface area contributed by atoms with Gasteiger partial charge in [0.2, 0.25) is 0 Å². The molecule has 0 bridgehead atoms. The molecule has 1 aromatic carbocycles. The van der Waals surface area contributed by atoms with E-state index in [2.05, 4.69) is 31.4 Å². The van der Waals surface area contributed by atoms with E-state index in [0.717, 1.165) is 18.7 Å². The number of anilines is 1. The van der Waals surface area contributed by atoms with Crippen molar-refractivity contribution in [3.05, 3.63) is 29.8 Å². The van der Waals surface area contributed by atoms with Crippen molar-refractivity contribution in [3.63, 3.8) is 0 Å². The third-order valence-electron chi connectivity index (χ3n) is 2.83. The standard InChI is InChI=1S/C15H25N3O2/c1-11(2)10-20-9-8-17-12(3)13-4-6-14(7-5-13)18-15(16)19/h4-7,11-12,17H,8-10H2,1-3H3,(H3,16,18,19). The Labute approximate surface area is 120 Å². The Balaban J connectivity index is 2.32. The topological polar surface area (TPSA) is 76.4 Å². The molecular formula is C15H25N3O2. The Morgan fingerprint density at radius 2 is 1.90 bits per heavy atom. The molecule has 0 aliphatic carbocycles. The maximum Gasteiger partial charge on any atom is 0.316 e. The van der Waals surface area contributed by atoms with Crippen LogP contribution in [0.5, 0.6) is 0 Å². The van der Waals surface area contributed by atoms with E-state index >= 15 is 0 Å². The number of hydrogen-bond donors (Lipinski definition) is 3. The van der Waals surface area contributed by atoms with Crippen LogP contribution in [0.2, 0.25) is 0 Å². The first kappa shape index (κ1) is 16.5. The first-order valence-electron chi connectivity index (χ1n) is 6.96. The van der Waals surface area contributed by atoms with Crippen LogP contribution < -0.4 is 16.4 Å². The fraction of sp³-hybridized carbons (Fsp3) is 0.533. The van der Waals surface area contributed by atoms with Gasteiger partial charge in [-0.2, -0.15) is 0 Å². The molecule has 112 valence electrons. The van der Waals surface area contributed by atoms with Gasteiger partial charge in [0.15, 0.2) is 0 Å². The van der Waals surface area contributed by atoms with Crippen LogP contribution in [-0.4, -0.2) is 25.8 Å². The molecule has 5 nitrogen and oxygen atoms in total. The van der Waals surface area contributed by atoms with E-state index in [1.54, 1.807) is 0 Å². The molecule has 0 aliphatic rings. The van der Waals surface area contributed by atoms with Gasteiger partial charge < -0.3 is 21.1 Å². The van der Waals surface area contributed by atoms with Gasteiger partial charge in [-0.05, 0) is 30.5 Å². The molecule has 0 saturated carbocycles. The molecule has 4 N–H and O–H groups in total. The summed E-state index contributed by atoms with van der Waals surface area (Å²) in [5.41, 5.74) is 6.92. The lowest BCUT2D eigenvalue weighted by atomic mass is 10.1. The van der Waals surface area contributed by atoms with Crippen molar-refractivity contribution in [2.24, 2.45) is 11.7 Å². The predicted octanol–water partition coefficient (Wildman–Crippen LogP) is 2.50. The second-order valence-electron chi connectivity index (χ2n) is 5.26. The average molecular weight is 279 g/mol.